The SMILES string of the molecule is O=C(C[C@H]1S/C(=N\N=C/c2ccc([N+](=O)[O-])o2)NC1=O)Nc1ccccc1. The van der Waals surface area contributed by atoms with E-state index in [-0.39, 0.29) is 29.2 Å². The lowest BCUT2D eigenvalue weighted by Gasteiger charge is -2.06. The predicted octanol–water partition coefficient (Wildman–Crippen LogP) is 2.14. The van der Waals surface area contributed by atoms with Gasteiger partial charge in [0.15, 0.2) is 10.9 Å². The van der Waals surface area contributed by atoms with Crippen LogP contribution < -0.4 is 10.6 Å². The Morgan fingerprint density at radius 1 is 1.33 bits per heavy atom. The van der Waals surface area contributed by atoms with Gasteiger partial charge in [-0.1, -0.05) is 30.0 Å². The zero-order chi connectivity index (χ0) is 19.2. The van der Waals surface area contributed by atoms with E-state index >= 15 is 0 Å². The fourth-order valence-electron chi connectivity index (χ4n) is 2.14. The van der Waals surface area contributed by atoms with Gasteiger partial charge in [-0.3, -0.25) is 19.7 Å². The Bertz CT molecular complexity index is 924. The first-order valence-electron chi connectivity index (χ1n) is 7.69. The van der Waals surface area contributed by atoms with Crippen molar-refractivity contribution in [2.45, 2.75) is 11.7 Å². The van der Waals surface area contributed by atoms with E-state index in [2.05, 4.69) is 20.8 Å². The Kier molecular flexibility index (Phi) is 5.61. The molecule has 2 heterocycles. The minimum atomic E-state index is -0.665. The maximum Gasteiger partial charge on any atom is 0.433 e. The number of hydrogen-bond donors (Lipinski definition) is 2. The Labute approximate surface area is 156 Å². The highest BCUT2D eigenvalue weighted by atomic mass is 32.2. The molecule has 2 amide bonds. The second-order valence-corrected chi connectivity index (χ2v) is 6.49. The molecule has 0 spiro atoms. The molecular weight excluding hydrogens is 374 g/mol. The van der Waals surface area contributed by atoms with E-state index in [4.69, 9.17) is 4.42 Å². The third-order valence-electron chi connectivity index (χ3n) is 3.33. The van der Waals surface area contributed by atoms with Crippen molar-refractivity contribution in [3.05, 3.63) is 58.3 Å². The third kappa shape index (κ3) is 5.01. The van der Waals surface area contributed by atoms with Crippen molar-refractivity contribution in [1.29, 1.82) is 0 Å². The van der Waals surface area contributed by atoms with Gasteiger partial charge in [0.25, 0.3) is 0 Å². The number of furan rings is 1. The number of hydrogen-bond acceptors (Lipinski definition) is 8. The van der Waals surface area contributed by atoms with Crippen LogP contribution in [0.3, 0.4) is 0 Å². The zero-order valence-electron chi connectivity index (χ0n) is 13.7. The molecule has 1 aromatic carbocycles. The van der Waals surface area contributed by atoms with Gasteiger partial charge in [-0.05, 0) is 18.2 Å². The van der Waals surface area contributed by atoms with Crippen molar-refractivity contribution < 1.29 is 18.9 Å². The molecule has 1 aromatic heterocycles. The monoisotopic (exact) mass is 387 g/mol. The number of nitrogens with one attached hydrogen (secondary N) is 2. The second kappa shape index (κ2) is 8.27. The topological polar surface area (TPSA) is 139 Å². The molecular formula is C16H13N5O5S. The summed E-state index contributed by atoms with van der Waals surface area (Å²) in [5.41, 5.74) is 0.650. The number of carbonyl (C=O) groups excluding carboxylic acids is 2. The molecule has 1 saturated heterocycles. The molecule has 2 N–H and O–H groups in total. The molecule has 0 saturated carbocycles. The van der Waals surface area contributed by atoms with Crippen molar-refractivity contribution in [2.75, 3.05) is 5.32 Å². The summed E-state index contributed by atoms with van der Waals surface area (Å²) in [6.45, 7) is 0. The van der Waals surface area contributed by atoms with Crippen LogP contribution in [0.5, 0.6) is 0 Å². The van der Waals surface area contributed by atoms with Crippen molar-refractivity contribution in [2.24, 2.45) is 10.2 Å². The summed E-state index contributed by atoms with van der Waals surface area (Å²) in [6, 6.07) is 11.5. The van der Waals surface area contributed by atoms with Crippen molar-refractivity contribution >= 4 is 46.5 Å². The minimum Gasteiger partial charge on any atom is -0.400 e. The molecule has 3 rings (SSSR count). The lowest BCUT2D eigenvalue weighted by atomic mass is 10.2. The van der Waals surface area contributed by atoms with Crippen LogP contribution in [-0.2, 0) is 9.59 Å². The van der Waals surface area contributed by atoms with E-state index in [0.717, 1.165) is 11.8 Å². The Hall–Kier alpha value is -3.47. The molecule has 27 heavy (non-hydrogen) atoms. The van der Waals surface area contributed by atoms with Crippen molar-refractivity contribution in [3.63, 3.8) is 0 Å². The molecule has 1 fully saturated rings. The van der Waals surface area contributed by atoms with Gasteiger partial charge in [-0.2, -0.15) is 5.10 Å². The van der Waals surface area contributed by atoms with Crippen LogP contribution in [0.2, 0.25) is 0 Å². The Balaban J connectivity index is 1.54. The Morgan fingerprint density at radius 2 is 2.11 bits per heavy atom. The average Bonchev–Trinajstić information content (AvgIpc) is 3.23. The molecule has 10 nitrogen and oxygen atoms in total. The van der Waals surface area contributed by atoms with Crippen molar-refractivity contribution in [1.82, 2.24) is 5.32 Å². The molecule has 11 heteroatoms. The summed E-state index contributed by atoms with van der Waals surface area (Å²) < 4.78 is 4.90. The number of thioether (sulfide) groups is 1. The first kappa shape index (κ1) is 18.3. The highest BCUT2D eigenvalue weighted by Gasteiger charge is 2.32. The largest absolute Gasteiger partial charge is 0.433 e. The normalized spacial score (nSPS) is 18.0. The summed E-state index contributed by atoms with van der Waals surface area (Å²) in [5.74, 6) is -0.886. The number of benzene rings is 1. The lowest BCUT2D eigenvalue weighted by Crippen LogP contribution is -2.28. The molecule has 0 unspecified atom stereocenters. The van der Waals surface area contributed by atoms with Gasteiger partial charge in [-0.15, -0.1) is 5.10 Å². The van der Waals surface area contributed by atoms with Crippen LogP contribution in [0.25, 0.3) is 0 Å². The maximum absolute atomic E-state index is 12.0. The van der Waals surface area contributed by atoms with Crippen LogP contribution in [0.4, 0.5) is 11.6 Å². The highest BCUT2D eigenvalue weighted by molar-refractivity contribution is 8.15. The summed E-state index contributed by atoms with van der Waals surface area (Å²) in [4.78, 5) is 33.8. The van der Waals surface area contributed by atoms with Gasteiger partial charge in [-0.25, -0.2) is 0 Å². The van der Waals surface area contributed by atoms with Crippen LogP contribution in [-0.4, -0.2) is 33.4 Å². The lowest BCUT2D eigenvalue weighted by molar-refractivity contribution is -0.402. The van der Waals surface area contributed by atoms with Gasteiger partial charge in [0, 0.05) is 12.1 Å². The van der Waals surface area contributed by atoms with Gasteiger partial charge < -0.3 is 15.1 Å². The quantitative estimate of drug-likeness (QED) is 0.442. The number of para-hydroxylation sites is 1. The summed E-state index contributed by atoms with van der Waals surface area (Å²) in [6.07, 6.45) is 1.17. The molecule has 0 radical (unpaired) electrons. The van der Waals surface area contributed by atoms with Gasteiger partial charge >= 0.3 is 5.88 Å². The smallest absolute Gasteiger partial charge is 0.400 e. The van der Waals surface area contributed by atoms with E-state index in [9.17, 15) is 19.7 Å². The van der Waals surface area contributed by atoms with Crippen molar-refractivity contribution in [3.8, 4) is 0 Å². The second-order valence-electron chi connectivity index (χ2n) is 5.30. The van der Waals surface area contributed by atoms with Gasteiger partial charge in [0.2, 0.25) is 11.8 Å². The molecule has 0 bridgehead atoms. The minimum absolute atomic E-state index is 0.0154. The first-order valence-corrected chi connectivity index (χ1v) is 8.57. The fourth-order valence-corrected chi connectivity index (χ4v) is 3.06. The maximum atomic E-state index is 12.0. The predicted molar refractivity (Wildman–Crippen MR) is 99.6 cm³/mol. The van der Waals surface area contributed by atoms with Crippen LogP contribution in [0.1, 0.15) is 12.2 Å². The van der Waals surface area contributed by atoms with E-state index in [1.807, 2.05) is 6.07 Å². The number of nitrogens with zero attached hydrogens (tertiary/aromatic N) is 3. The van der Waals surface area contributed by atoms with Gasteiger partial charge in [0.1, 0.15) is 10.2 Å². The molecule has 2 aromatic rings. The highest BCUT2D eigenvalue weighted by Crippen LogP contribution is 2.23. The van der Waals surface area contributed by atoms with Gasteiger partial charge in [0.05, 0.1) is 12.3 Å². The molecule has 1 aliphatic rings. The summed E-state index contributed by atoms with van der Waals surface area (Å²) in [5, 5.41) is 22.9. The van der Waals surface area contributed by atoms with Crippen LogP contribution >= 0.6 is 11.8 Å². The van der Waals surface area contributed by atoms with E-state index in [0.29, 0.717) is 5.69 Å². The molecule has 138 valence electrons. The number of rotatable bonds is 6. The summed E-state index contributed by atoms with van der Waals surface area (Å²) >= 11 is 1.08. The standard InChI is InChI=1S/C16H13N5O5S/c22-13(18-10-4-2-1-3-5-10)8-12-15(23)19-16(27-12)20-17-9-11-6-7-14(26-11)21(24)25/h1-7,9,12H,8H2,(H,18,22)(H,19,20,23)/b17-9-/t12-/m1/s1. The van der Waals surface area contributed by atoms with E-state index < -0.39 is 16.1 Å². The number of amidine groups is 1. The molecule has 0 aliphatic carbocycles. The molecule has 1 atom stereocenters. The van der Waals surface area contributed by atoms with E-state index in [1.54, 1.807) is 24.3 Å². The third-order valence-corrected chi connectivity index (χ3v) is 4.40. The van der Waals surface area contributed by atoms with Crippen LogP contribution in [0, 0.1) is 10.1 Å². The van der Waals surface area contributed by atoms with E-state index in [1.165, 1.54) is 18.3 Å². The summed E-state index contributed by atoms with van der Waals surface area (Å²) in [7, 11) is 0. The number of carbonyl (C=O) groups is 2. The number of amides is 2. The fraction of sp³-hybridized carbons (Fsp3) is 0.125. The van der Waals surface area contributed by atoms with Crippen LogP contribution in [0.15, 0.2) is 57.1 Å². The number of nitro groups is 1. The number of anilines is 1. The average molecular weight is 387 g/mol. The molecule has 1 aliphatic heterocycles. The first-order chi connectivity index (χ1) is 13.0. The zero-order valence-corrected chi connectivity index (χ0v) is 14.5. The Morgan fingerprint density at radius 3 is 2.81 bits per heavy atom.